The summed E-state index contributed by atoms with van der Waals surface area (Å²) < 4.78 is 5.24. The predicted molar refractivity (Wildman–Crippen MR) is 80.9 cm³/mol. The van der Waals surface area contributed by atoms with Crippen molar-refractivity contribution >= 4 is 17.7 Å². The summed E-state index contributed by atoms with van der Waals surface area (Å²) in [6.07, 6.45) is 0.679. The van der Waals surface area contributed by atoms with Crippen LogP contribution in [0.5, 0.6) is 5.75 Å². The molecule has 0 aliphatic rings. The number of methoxy groups -OCH3 is 1. The lowest BCUT2D eigenvalue weighted by Crippen LogP contribution is -2.48. The Bertz CT molecular complexity index is 504. The summed E-state index contributed by atoms with van der Waals surface area (Å²) in [4.78, 5) is 26.3. The Labute approximate surface area is 124 Å². The van der Waals surface area contributed by atoms with Crippen molar-refractivity contribution < 1.29 is 19.4 Å². The van der Waals surface area contributed by atoms with Crippen molar-refractivity contribution in [3.63, 3.8) is 0 Å². The monoisotopic (exact) mass is 294 g/mol. The lowest BCUT2D eigenvalue weighted by Gasteiger charge is -2.31. The number of anilines is 1. The molecule has 0 aliphatic carbocycles. The Kier molecular flexibility index (Phi) is 6.02. The summed E-state index contributed by atoms with van der Waals surface area (Å²) in [6.45, 7) is 3.42. The molecule has 0 bridgehead atoms. The third kappa shape index (κ3) is 4.11. The topological polar surface area (TPSA) is 70.1 Å². The first-order valence-corrected chi connectivity index (χ1v) is 6.81. The standard InChI is InChI=1S/C15H22N2O4/c1-5-11(2)17(10-14(18)19)15(20)16(3)12-8-6-7-9-13(12)21-4/h6-9,11H,5,10H2,1-4H3,(H,18,19). The van der Waals surface area contributed by atoms with Crippen molar-refractivity contribution in [3.8, 4) is 5.75 Å². The number of urea groups is 1. The number of hydrogen-bond acceptors (Lipinski definition) is 3. The highest BCUT2D eigenvalue weighted by atomic mass is 16.5. The number of carbonyl (C=O) groups is 2. The van der Waals surface area contributed by atoms with Crippen LogP contribution < -0.4 is 9.64 Å². The van der Waals surface area contributed by atoms with Crippen molar-refractivity contribution in [3.05, 3.63) is 24.3 Å². The molecule has 2 amide bonds. The Hall–Kier alpha value is -2.24. The number of carboxylic acids is 1. The third-order valence-electron chi connectivity index (χ3n) is 3.41. The van der Waals surface area contributed by atoms with E-state index >= 15 is 0 Å². The Morgan fingerprint density at radius 1 is 1.33 bits per heavy atom. The number of carbonyl (C=O) groups excluding carboxylic acids is 1. The van der Waals surface area contributed by atoms with Gasteiger partial charge in [0.05, 0.1) is 12.8 Å². The average molecular weight is 294 g/mol. The summed E-state index contributed by atoms with van der Waals surface area (Å²) >= 11 is 0. The van der Waals surface area contributed by atoms with Gasteiger partial charge in [0.2, 0.25) is 0 Å². The summed E-state index contributed by atoms with van der Waals surface area (Å²) in [5, 5.41) is 8.99. The fourth-order valence-corrected chi connectivity index (χ4v) is 1.98. The van der Waals surface area contributed by atoms with Crippen molar-refractivity contribution in [2.24, 2.45) is 0 Å². The smallest absolute Gasteiger partial charge is 0.325 e. The molecule has 1 unspecified atom stereocenters. The van der Waals surface area contributed by atoms with Crippen LogP contribution in [0.4, 0.5) is 10.5 Å². The van der Waals surface area contributed by atoms with Gasteiger partial charge in [-0.15, -0.1) is 0 Å². The van der Waals surface area contributed by atoms with Crippen LogP contribution >= 0.6 is 0 Å². The molecule has 6 nitrogen and oxygen atoms in total. The van der Waals surface area contributed by atoms with Crippen molar-refractivity contribution in [1.82, 2.24) is 4.90 Å². The fraction of sp³-hybridized carbons (Fsp3) is 0.467. The number of nitrogens with zero attached hydrogens (tertiary/aromatic N) is 2. The molecule has 1 N–H and O–H groups in total. The quantitative estimate of drug-likeness (QED) is 0.875. The van der Waals surface area contributed by atoms with Crippen LogP contribution in [0, 0.1) is 0 Å². The van der Waals surface area contributed by atoms with E-state index in [0.29, 0.717) is 17.9 Å². The number of amides is 2. The number of carboxylic acid groups (broad SMARTS) is 1. The molecule has 0 fully saturated rings. The van der Waals surface area contributed by atoms with Gasteiger partial charge in [0.15, 0.2) is 0 Å². The molecule has 0 aliphatic heterocycles. The van der Waals surface area contributed by atoms with Gasteiger partial charge in [-0.05, 0) is 25.5 Å². The molecule has 0 heterocycles. The molecule has 1 rings (SSSR count). The van der Waals surface area contributed by atoms with Gasteiger partial charge in [-0.2, -0.15) is 0 Å². The summed E-state index contributed by atoms with van der Waals surface area (Å²) in [5.41, 5.74) is 0.601. The third-order valence-corrected chi connectivity index (χ3v) is 3.41. The number of para-hydroxylation sites is 2. The molecule has 1 aromatic rings. The van der Waals surface area contributed by atoms with Crippen LogP contribution in [0.2, 0.25) is 0 Å². The second-order valence-corrected chi connectivity index (χ2v) is 4.79. The minimum Gasteiger partial charge on any atom is -0.495 e. The minimum absolute atomic E-state index is 0.161. The maximum absolute atomic E-state index is 12.6. The number of ether oxygens (including phenoxy) is 1. The summed E-state index contributed by atoms with van der Waals surface area (Å²) in [6, 6.07) is 6.59. The first-order valence-electron chi connectivity index (χ1n) is 6.81. The van der Waals surface area contributed by atoms with E-state index in [1.54, 1.807) is 25.2 Å². The molecule has 0 saturated heterocycles. The number of aliphatic carboxylic acids is 1. The highest BCUT2D eigenvalue weighted by Gasteiger charge is 2.26. The van der Waals surface area contributed by atoms with Crippen LogP contribution in [0.3, 0.4) is 0 Å². The predicted octanol–water partition coefficient (Wildman–Crippen LogP) is 2.44. The van der Waals surface area contributed by atoms with Gasteiger partial charge in [-0.25, -0.2) is 4.79 Å². The van der Waals surface area contributed by atoms with Crippen molar-refractivity contribution in [2.45, 2.75) is 26.3 Å². The zero-order chi connectivity index (χ0) is 16.0. The number of rotatable bonds is 6. The largest absolute Gasteiger partial charge is 0.495 e. The van der Waals surface area contributed by atoms with Gasteiger partial charge < -0.3 is 14.7 Å². The summed E-state index contributed by atoms with van der Waals surface area (Å²) in [7, 11) is 3.14. The first-order chi connectivity index (χ1) is 9.92. The zero-order valence-corrected chi connectivity index (χ0v) is 12.9. The van der Waals surface area contributed by atoms with Gasteiger partial charge in [0, 0.05) is 13.1 Å². The van der Waals surface area contributed by atoms with Crippen LogP contribution in [0.25, 0.3) is 0 Å². The maximum atomic E-state index is 12.6. The average Bonchev–Trinajstić information content (AvgIpc) is 2.50. The molecule has 0 spiro atoms. The van der Waals surface area contributed by atoms with Crippen LogP contribution in [-0.4, -0.2) is 48.8 Å². The Morgan fingerprint density at radius 3 is 2.48 bits per heavy atom. The van der Waals surface area contributed by atoms with Crippen LogP contribution in [-0.2, 0) is 4.79 Å². The molecule has 0 saturated carbocycles. The second kappa shape index (κ2) is 7.52. The Morgan fingerprint density at radius 2 is 1.95 bits per heavy atom. The normalized spacial score (nSPS) is 11.6. The van der Waals surface area contributed by atoms with E-state index in [0.717, 1.165) is 0 Å². The van der Waals surface area contributed by atoms with E-state index in [1.165, 1.54) is 16.9 Å². The zero-order valence-electron chi connectivity index (χ0n) is 12.9. The van der Waals surface area contributed by atoms with E-state index in [-0.39, 0.29) is 18.6 Å². The van der Waals surface area contributed by atoms with Crippen LogP contribution in [0.15, 0.2) is 24.3 Å². The van der Waals surface area contributed by atoms with Gasteiger partial charge in [0.1, 0.15) is 12.3 Å². The van der Waals surface area contributed by atoms with Gasteiger partial charge in [-0.3, -0.25) is 9.69 Å². The fourth-order valence-electron chi connectivity index (χ4n) is 1.98. The maximum Gasteiger partial charge on any atom is 0.325 e. The molecule has 116 valence electrons. The highest BCUT2D eigenvalue weighted by Crippen LogP contribution is 2.27. The van der Waals surface area contributed by atoms with Crippen LogP contribution in [0.1, 0.15) is 20.3 Å². The molecule has 1 atom stereocenters. The lowest BCUT2D eigenvalue weighted by molar-refractivity contribution is -0.138. The van der Waals surface area contributed by atoms with Crippen molar-refractivity contribution in [2.75, 3.05) is 25.6 Å². The molecule has 1 aromatic carbocycles. The van der Waals surface area contributed by atoms with E-state index in [2.05, 4.69) is 0 Å². The van der Waals surface area contributed by atoms with Gasteiger partial charge in [-0.1, -0.05) is 19.1 Å². The summed E-state index contributed by atoms with van der Waals surface area (Å²) in [5.74, 6) is -0.468. The molecule has 0 aromatic heterocycles. The van der Waals surface area contributed by atoms with E-state index < -0.39 is 5.97 Å². The van der Waals surface area contributed by atoms with E-state index in [1.807, 2.05) is 19.9 Å². The van der Waals surface area contributed by atoms with E-state index in [9.17, 15) is 9.59 Å². The molecule has 6 heteroatoms. The van der Waals surface area contributed by atoms with Gasteiger partial charge >= 0.3 is 12.0 Å². The lowest BCUT2D eigenvalue weighted by atomic mass is 10.2. The highest BCUT2D eigenvalue weighted by molar-refractivity contribution is 5.94. The first kappa shape index (κ1) is 16.8. The second-order valence-electron chi connectivity index (χ2n) is 4.79. The molecular formula is C15H22N2O4. The number of hydrogen-bond donors (Lipinski definition) is 1. The Balaban J connectivity index is 3.04. The SMILES string of the molecule is CCC(C)N(CC(=O)O)C(=O)N(C)c1ccccc1OC. The van der Waals surface area contributed by atoms with Crippen molar-refractivity contribution in [1.29, 1.82) is 0 Å². The molecule has 0 radical (unpaired) electrons. The molecule has 21 heavy (non-hydrogen) atoms. The molecular weight excluding hydrogens is 272 g/mol. The van der Waals surface area contributed by atoms with Gasteiger partial charge in [0.25, 0.3) is 0 Å². The number of benzene rings is 1. The minimum atomic E-state index is -1.03. The van der Waals surface area contributed by atoms with E-state index in [4.69, 9.17) is 9.84 Å².